The maximum absolute atomic E-state index is 13.6. The van der Waals surface area contributed by atoms with Crippen LogP contribution in [0.4, 0.5) is 4.39 Å². The van der Waals surface area contributed by atoms with Crippen LogP contribution < -0.4 is 0 Å². The lowest BCUT2D eigenvalue weighted by Gasteiger charge is -1.93. The SMILES string of the molecule is FC1=CC=CCc2c1oc1ccccc21. The van der Waals surface area contributed by atoms with Gasteiger partial charge < -0.3 is 4.42 Å². The number of halogens is 1. The van der Waals surface area contributed by atoms with Crippen LogP contribution in [0.2, 0.25) is 0 Å². The zero-order valence-electron chi connectivity index (χ0n) is 8.03. The molecule has 2 aromatic rings. The molecule has 0 aliphatic heterocycles. The minimum absolute atomic E-state index is 0.296. The molecule has 1 aromatic carbocycles. The van der Waals surface area contributed by atoms with Crippen molar-refractivity contribution in [3.63, 3.8) is 0 Å². The normalized spacial score (nSPS) is 14.9. The molecule has 0 radical (unpaired) electrons. The van der Waals surface area contributed by atoms with E-state index >= 15 is 0 Å². The smallest absolute Gasteiger partial charge is 0.167 e. The molecule has 0 spiro atoms. The number of para-hydroxylation sites is 1. The molecule has 3 rings (SSSR count). The summed E-state index contributed by atoms with van der Waals surface area (Å²) < 4.78 is 19.1. The van der Waals surface area contributed by atoms with Gasteiger partial charge in [0.25, 0.3) is 0 Å². The fraction of sp³-hybridized carbons (Fsp3) is 0.0769. The van der Waals surface area contributed by atoms with Gasteiger partial charge in [-0.05, 0) is 18.6 Å². The van der Waals surface area contributed by atoms with E-state index in [0.29, 0.717) is 5.76 Å². The van der Waals surface area contributed by atoms with Crippen LogP contribution in [0.1, 0.15) is 11.3 Å². The Morgan fingerprint density at radius 3 is 3.00 bits per heavy atom. The molecular formula is C13H9FO. The van der Waals surface area contributed by atoms with E-state index in [0.717, 1.165) is 23.0 Å². The molecule has 1 aromatic heterocycles. The molecule has 2 heteroatoms. The summed E-state index contributed by atoms with van der Waals surface area (Å²) in [4.78, 5) is 0. The van der Waals surface area contributed by atoms with Crippen LogP contribution in [0.25, 0.3) is 16.8 Å². The zero-order chi connectivity index (χ0) is 10.3. The van der Waals surface area contributed by atoms with Crippen molar-refractivity contribution >= 4 is 16.8 Å². The average Bonchev–Trinajstić information content (AvgIpc) is 2.54. The number of allylic oxidation sites excluding steroid dienone is 3. The second-order valence-electron chi connectivity index (χ2n) is 3.55. The van der Waals surface area contributed by atoms with Crippen molar-refractivity contribution in [1.29, 1.82) is 0 Å². The van der Waals surface area contributed by atoms with E-state index < -0.39 is 0 Å². The molecule has 0 atom stereocenters. The van der Waals surface area contributed by atoms with Gasteiger partial charge in [0.2, 0.25) is 0 Å². The lowest BCUT2D eigenvalue weighted by Crippen LogP contribution is -1.82. The lowest BCUT2D eigenvalue weighted by atomic mass is 10.1. The van der Waals surface area contributed by atoms with Gasteiger partial charge in [0.1, 0.15) is 5.58 Å². The molecule has 0 bridgehead atoms. The number of hydrogen-bond acceptors (Lipinski definition) is 1. The third kappa shape index (κ3) is 1.22. The minimum atomic E-state index is -0.296. The fourth-order valence-corrected chi connectivity index (χ4v) is 1.91. The lowest BCUT2D eigenvalue weighted by molar-refractivity contribution is 0.567. The summed E-state index contributed by atoms with van der Waals surface area (Å²) in [5.41, 5.74) is 1.69. The molecule has 1 heterocycles. The molecule has 0 saturated heterocycles. The first-order valence-corrected chi connectivity index (χ1v) is 4.89. The highest BCUT2D eigenvalue weighted by molar-refractivity contribution is 5.86. The van der Waals surface area contributed by atoms with E-state index in [4.69, 9.17) is 4.42 Å². The molecule has 74 valence electrons. The summed E-state index contributed by atoms with van der Waals surface area (Å²) in [5.74, 6) is 0.0798. The van der Waals surface area contributed by atoms with E-state index in [2.05, 4.69) is 0 Å². The molecule has 1 aliphatic rings. The van der Waals surface area contributed by atoms with Gasteiger partial charge in [-0.25, -0.2) is 4.39 Å². The van der Waals surface area contributed by atoms with Gasteiger partial charge in [-0.3, -0.25) is 0 Å². The molecule has 0 fully saturated rings. The average molecular weight is 200 g/mol. The topological polar surface area (TPSA) is 13.1 Å². The quantitative estimate of drug-likeness (QED) is 0.629. The minimum Gasteiger partial charge on any atom is -0.453 e. The highest BCUT2D eigenvalue weighted by Gasteiger charge is 2.17. The molecule has 0 N–H and O–H groups in total. The number of rotatable bonds is 0. The van der Waals surface area contributed by atoms with Crippen LogP contribution in [-0.4, -0.2) is 0 Å². The molecule has 1 aliphatic carbocycles. The number of furan rings is 1. The zero-order valence-corrected chi connectivity index (χ0v) is 8.03. The Labute approximate surface area is 86.5 Å². The summed E-state index contributed by atoms with van der Waals surface area (Å²) in [6.45, 7) is 0. The van der Waals surface area contributed by atoms with Crippen molar-refractivity contribution in [1.82, 2.24) is 0 Å². The number of fused-ring (bicyclic) bond motifs is 3. The van der Waals surface area contributed by atoms with E-state index in [-0.39, 0.29) is 5.83 Å². The van der Waals surface area contributed by atoms with Crippen LogP contribution in [0.3, 0.4) is 0 Å². The van der Waals surface area contributed by atoms with Gasteiger partial charge in [0.15, 0.2) is 11.6 Å². The standard InChI is InChI=1S/C13H9FO/c14-11-7-3-1-6-10-9-5-2-4-8-12(9)15-13(10)11/h1-5,7-8H,6H2. The summed E-state index contributed by atoms with van der Waals surface area (Å²) in [7, 11) is 0. The van der Waals surface area contributed by atoms with Crippen molar-refractivity contribution in [2.24, 2.45) is 0 Å². The Bertz CT molecular complexity index is 575. The van der Waals surface area contributed by atoms with Crippen LogP contribution >= 0.6 is 0 Å². The van der Waals surface area contributed by atoms with Gasteiger partial charge in [-0.2, -0.15) is 0 Å². The number of benzene rings is 1. The van der Waals surface area contributed by atoms with Crippen LogP contribution in [-0.2, 0) is 6.42 Å². The maximum atomic E-state index is 13.6. The first-order valence-electron chi connectivity index (χ1n) is 4.89. The summed E-state index contributed by atoms with van der Waals surface area (Å²) in [5, 5.41) is 1.00. The first kappa shape index (κ1) is 8.48. The summed E-state index contributed by atoms with van der Waals surface area (Å²) >= 11 is 0. The fourth-order valence-electron chi connectivity index (χ4n) is 1.91. The Morgan fingerprint density at radius 1 is 1.20 bits per heavy atom. The van der Waals surface area contributed by atoms with Gasteiger partial charge in [-0.1, -0.05) is 30.4 Å². The number of hydrogen-bond donors (Lipinski definition) is 0. The van der Waals surface area contributed by atoms with Crippen LogP contribution in [0, 0.1) is 0 Å². The van der Waals surface area contributed by atoms with Crippen molar-refractivity contribution in [3.05, 3.63) is 53.8 Å². The first-order chi connectivity index (χ1) is 7.36. The second kappa shape index (κ2) is 3.09. The van der Waals surface area contributed by atoms with Crippen molar-refractivity contribution in [2.45, 2.75) is 6.42 Å². The molecule has 0 saturated carbocycles. The largest absolute Gasteiger partial charge is 0.453 e. The summed E-state index contributed by atoms with van der Waals surface area (Å²) in [6.07, 6.45) is 5.82. The van der Waals surface area contributed by atoms with E-state index in [1.165, 1.54) is 6.08 Å². The predicted molar refractivity (Wildman–Crippen MR) is 58.1 cm³/mol. The predicted octanol–water partition coefficient (Wildman–Crippen LogP) is 3.86. The third-order valence-corrected chi connectivity index (χ3v) is 2.62. The molecule has 0 unspecified atom stereocenters. The van der Waals surface area contributed by atoms with Crippen LogP contribution in [0.15, 0.2) is 46.9 Å². The van der Waals surface area contributed by atoms with Gasteiger partial charge >= 0.3 is 0 Å². The van der Waals surface area contributed by atoms with Crippen molar-refractivity contribution < 1.29 is 8.81 Å². The van der Waals surface area contributed by atoms with E-state index in [1.807, 2.05) is 30.3 Å². The van der Waals surface area contributed by atoms with E-state index in [9.17, 15) is 4.39 Å². The Morgan fingerprint density at radius 2 is 2.07 bits per heavy atom. The van der Waals surface area contributed by atoms with Crippen LogP contribution in [0.5, 0.6) is 0 Å². The Kier molecular flexibility index (Phi) is 1.75. The summed E-state index contributed by atoms with van der Waals surface area (Å²) in [6, 6.07) is 7.65. The van der Waals surface area contributed by atoms with Gasteiger partial charge in [0, 0.05) is 10.9 Å². The van der Waals surface area contributed by atoms with Gasteiger partial charge in [0.05, 0.1) is 0 Å². The Hall–Kier alpha value is -1.83. The van der Waals surface area contributed by atoms with Crippen molar-refractivity contribution in [2.75, 3.05) is 0 Å². The highest BCUT2D eigenvalue weighted by atomic mass is 19.1. The maximum Gasteiger partial charge on any atom is 0.167 e. The molecule has 15 heavy (non-hydrogen) atoms. The van der Waals surface area contributed by atoms with Gasteiger partial charge in [-0.15, -0.1) is 0 Å². The molecule has 0 amide bonds. The molecular weight excluding hydrogens is 191 g/mol. The van der Waals surface area contributed by atoms with E-state index in [1.54, 1.807) is 6.08 Å². The monoisotopic (exact) mass is 200 g/mol. The third-order valence-electron chi connectivity index (χ3n) is 2.62. The molecule has 1 nitrogen and oxygen atoms in total. The van der Waals surface area contributed by atoms with Crippen molar-refractivity contribution in [3.8, 4) is 0 Å². The second-order valence-corrected chi connectivity index (χ2v) is 3.55. The Balaban J connectivity index is 2.38. The highest BCUT2D eigenvalue weighted by Crippen LogP contribution is 2.33.